The molecule has 0 aromatic heterocycles. The standard InChI is InChI=1S/C19H29NO/c1-4-20-17-13-19(11-7-8-15(12-19)14(2)3)21-18-10-6-5-9-16(17)18/h5-6,9-10,14-15,17,20H,4,7-8,11-13H2,1-3H3. The van der Waals surface area contributed by atoms with Gasteiger partial charge in [-0.3, -0.25) is 0 Å². The van der Waals surface area contributed by atoms with Crippen molar-refractivity contribution in [2.45, 2.75) is 64.5 Å². The van der Waals surface area contributed by atoms with E-state index in [1.54, 1.807) is 0 Å². The predicted octanol–water partition coefficient (Wildman–Crippen LogP) is 4.70. The molecule has 0 radical (unpaired) electrons. The summed E-state index contributed by atoms with van der Waals surface area (Å²) in [5.74, 6) is 2.69. The molecule has 0 amide bonds. The lowest BCUT2D eigenvalue weighted by Gasteiger charge is -2.47. The molecule has 1 heterocycles. The molecule has 1 N–H and O–H groups in total. The SMILES string of the molecule is CCNC1CC2(CCCC(C(C)C)C2)Oc2ccccc21. The first-order valence-electron chi connectivity index (χ1n) is 8.65. The number of ether oxygens (including phenoxy) is 1. The summed E-state index contributed by atoms with van der Waals surface area (Å²) in [5, 5.41) is 3.68. The van der Waals surface area contributed by atoms with E-state index < -0.39 is 0 Å². The third kappa shape index (κ3) is 2.96. The van der Waals surface area contributed by atoms with Crippen LogP contribution in [0.25, 0.3) is 0 Å². The van der Waals surface area contributed by atoms with Gasteiger partial charge in [-0.1, -0.05) is 39.0 Å². The van der Waals surface area contributed by atoms with Gasteiger partial charge in [-0.2, -0.15) is 0 Å². The molecule has 1 saturated carbocycles. The maximum absolute atomic E-state index is 6.58. The van der Waals surface area contributed by atoms with Gasteiger partial charge in [0, 0.05) is 18.0 Å². The van der Waals surface area contributed by atoms with Crippen molar-refractivity contribution in [3.8, 4) is 5.75 Å². The van der Waals surface area contributed by atoms with E-state index in [0.29, 0.717) is 6.04 Å². The Hall–Kier alpha value is -1.02. The zero-order valence-corrected chi connectivity index (χ0v) is 13.7. The highest BCUT2D eigenvalue weighted by Gasteiger charge is 2.44. The second-order valence-electron chi connectivity index (χ2n) is 7.24. The van der Waals surface area contributed by atoms with E-state index in [1.165, 1.54) is 31.2 Å². The quantitative estimate of drug-likeness (QED) is 0.869. The zero-order valence-electron chi connectivity index (χ0n) is 13.7. The molecular formula is C19H29NO. The van der Waals surface area contributed by atoms with Crippen molar-refractivity contribution in [1.82, 2.24) is 5.32 Å². The molecule has 21 heavy (non-hydrogen) atoms. The summed E-state index contributed by atoms with van der Waals surface area (Å²) in [6.45, 7) is 7.94. The van der Waals surface area contributed by atoms with Crippen LogP contribution in [0.2, 0.25) is 0 Å². The molecule has 1 aliphatic carbocycles. The lowest BCUT2D eigenvalue weighted by atomic mass is 9.70. The van der Waals surface area contributed by atoms with Crippen LogP contribution in [0.4, 0.5) is 0 Å². The van der Waals surface area contributed by atoms with Gasteiger partial charge in [-0.05, 0) is 50.1 Å². The molecule has 2 aliphatic rings. The second kappa shape index (κ2) is 6.00. The first-order chi connectivity index (χ1) is 10.1. The van der Waals surface area contributed by atoms with Crippen LogP contribution in [0, 0.1) is 11.8 Å². The predicted molar refractivity (Wildman–Crippen MR) is 87.6 cm³/mol. The number of fused-ring (bicyclic) bond motifs is 1. The van der Waals surface area contributed by atoms with E-state index in [0.717, 1.165) is 30.6 Å². The van der Waals surface area contributed by atoms with Gasteiger partial charge in [0.1, 0.15) is 11.4 Å². The Balaban J connectivity index is 1.88. The minimum Gasteiger partial charge on any atom is -0.487 e. The molecule has 3 unspecified atom stereocenters. The number of benzene rings is 1. The third-order valence-corrected chi connectivity index (χ3v) is 5.43. The normalized spacial score (nSPS) is 32.0. The van der Waals surface area contributed by atoms with Gasteiger partial charge < -0.3 is 10.1 Å². The fraction of sp³-hybridized carbons (Fsp3) is 0.684. The Morgan fingerprint density at radius 3 is 2.86 bits per heavy atom. The first kappa shape index (κ1) is 14.9. The maximum Gasteiger partial charge on any atom is 0.124 e. The topological polar surface area (TPSA) is 21.3 Å². The summed E-state index contributed by atoms with van der Waals surface area (Å²) >= 11 is 0. The van der Waals surface area contributed by atoms with Gasteiger partial charge in [0.25, 0.3) is 0 Å². The number of hydrogen-bond donors (Lipinski definition) is 1. The van der Waals surface area contributed by atoms with Gasteiger partial charge in [0.15, 0.2) is 0 Å². The number of para-hydroxylation sites is 1. The second-order valence-corrected chi connectivity index (χ2v) is 7.24. The average Bonchev–Trinajstić information content (AvgIpc) is 2.47. The fourth-order valence-corrected chi connectivity index (χ4v) is 4.26. The van der Waals surface area contributed by atoms with Crippen molar-refractivity contribution < 1.29 is 4.74 Å². The van der Waals surface area contributed by atoms with E-state index in [4.69, 9.17) is 4.74 Å². The minimum absolute atomic E-state index is 0.0639. The van der Waals surface area contributed by atoms with Crippen molar-refractivity contribution in [3.05, 3.63) is 29.8 Å². The van der Waals surface area contributed by atoms with Crippen LogP contribution >= 0.6 is 0 Å². The van der Waals surface area contributed by atoms with Crippen molar-refractivity contribution in [3.63, 3.8) is 0 Å². The highest BCUT2D eigenvalue weighted by molar-refractivity contribution is 5.39. The highest BCUT2D eigenvalue weighted by Crippen LogP contribution is 2.48. The van der Waals surface area contributed by atoms with E-state index in [1.807, 2.05) is 0 Å². The molecule has 0 saturated heterocycles. The van der Waals surface area contributed by atoms with Gasteiger partial charge in [0.05, 0.1) is 0 Å². The van der Waals surface area contributed by atoms with E-state index in [-0.39, 0.29) is 5.60 Å². The van der Waals surface area contributed by atoms with Crippen LogP contribution in [0.15, 0.2) is 24.3 Å². The van der Waals surface area contributed by atoms with E-state index in [2.05, 4.69) is 50.4 Å². The molecule has 3 rings (SSSR count). The molecule has 1 aromatic rings. The maximum atomic E-state index is 6.58. The van der Waals surface area contributed by atoms with Crippen LogP contribution in [-0.2, 0) is 0 Å². The molecule has 1 fully saturated rings. The van der Waals surface area contributed by atoms with Crippen LogP contribution in [0.1, 0.15) is 64.5 Å². The largest absolute Gasteiger partial charge is 0.487 e. The minimum atomic E-state index is 0.0639. The lowest BCUT2D eigenvalue weighted by Crippen LogP contribution is -2.48. The summed E-state index contributed by atoms with van der Waals surface area (Å²) in [7, 11) is 0. The Bertz CT molecular complexity index is 484. The monoisotopic (exact) mass is 287 g/mol. The molecule has 2 nitrogen and oxygen atoms in total. The average molecular weight is 287 g/mol. The smallest absolute Gasteiger partial charge is 0.124 e. The molecule has 3 atom stereocenters. The van der Waals surface area contributed by atoms with Crippen molar-refractivity contribution in [1.29, 1.82) is 0 Å². The number of rotatable bonds is 3. The lowest BCUT2D eigenvalue weighted by molar-refractivity contribution is -0.0284. The van der Waals surface area contributed by atoms with E-state index in [9.17, 15) is 0 Å². The Morgan fingerprint density at radius 1 is 1.29 bits per heavy atom. The summed E-state index contributed by atoms with van der Waals surface area (Å²) in [6.07, 6.45) is 6.24. The molecule has 0 bridgehead atoms. The van der Waals surface area contributed by atoms with Crippen molar-refractivity contribution in [2.75, 3.05) is 6.54 Å². The van der Waals surface area contributed by atoms with Crippen LogP contribution in [0.3, 0.4) is 0 Å². The molecule has 2 heteroatoms. The van der Waals surface area contributed by atoms with Gasteiger partial charge in [-0.15, -0.1) is 0 Å². The Labute approximate surface area is 129 Å². The Kier molecular flexibility index (Phi) is 4.26. The van der Waals surface area contributed by atoms with Crippen LogP contribution < -0.4 is 10.1 Å². The van der Waals surface area contributed by atoms with Crippen molar-refractivity contribution >= 4 is 0 Å². The molecule has 1 aliphatic heterocycles. The van der Waals surface area contributed by atoms with Crippen LogP contribution in [0.5, 0.6) is 5.75 Å². The number of nitrogens with one attached hydrogen (secondary N) is 1. The Morgan fingerprint density at radius 2 is 2.10 bits per heavy atom. The fourth-order valence-electron chi connectivity index (χ4n) is 4.26. The summed E-state index contributed by atoms with van der Waals surface area (Å²) < 4.78 is 6.58. The van der Waals surface area contributed by atoms with Gasteiger partial charge in [0.2, 0.25) is 0 Å². The summed E-state index contributed by atoms with van der Waals surface area (Å²) in [4.78, 5) is 0. The van der Waals surface area contributed by atoms with Crippen molar-refractivity contribution in [2.24, 2.45) is 11.8 Å². The number of hydrogen-bond acceptors (Lipinski definition) is 2. The van der Waals surface area contributed by atoms with Gasteiger partial charge >= 0.3 is 0 Å². The highest BCUT2D eigenvalue weighted by atomic mass is 16.5. The molecular weight excluding hydrogens is 258 g/mol. The molecule has 1 aromatic carbocycles. The molecule has 116 valence electrons. The third-order valence-electron chi connectivity index (χ3n) is 5.43. The van der Waals surface area contributed by atoms with Crippen LogP contribution in [-0.4, -0.2) is 12.1 Å². The molecule has 1 spiro atoms. The zero-order chi connectivity index (χ0) is 14.9. The van der Waals surface area contributed by atoms with Gasteiger partial charge in [-0.25, -0.2) is 0 Å². The van der Waals surface area contributed by atoms with E-state index >= 15 is 0 Å². The summed E-state index contributed by atoms with van der Waals surface area (Å²) in [5.41, 5.74) is 1.41. The summed E-state index contributed by atoms with van der Waals surface area (Å²) in [6, 6.07) is 9.05. The first-order valence-corrected chi connectivity index (χ1v) is 8.65.